The van der Waals surface area contributed by atoms with Crippen LogP contribution < -0.4 is 15.8 Å². The molecule has 1 atom stereocenters. The number of nitrogens with zero attached hydrogens (tertiary/aromatic N) is 1. The number of benzene rings is 2. The molecular weight excluding hydrogens is 380 g/mol. The van der Waals surface area contributed by atoms with Gasteiger partial charge in [-0.25, -0.2) is 9.78 Å². The number of alkyl carbamates (subject to hydrolysis) is 1. The van der Waals surface area contributed by atoms with Gasteiger partial charge in [0.15, 0.2) is 0 Å². The molecule has 4 N–H and O–H groups in total. The molecular formula is C23H28N4O3. The summed E-state index contributed by atoms with van der Waals surface area (Å²) in [6.45, 7) is 0.841. The summed E-state index contributed by atoms with van der Waals surface area (Å²) in [6, 6.07) is 17.0. The minimum atomic E-state index is -0.461. The average Bonchev–Trinajstić information content (AvgIpc) is 3.28. The molecule has 2 aromatic carbocycles. The molecule has 0 fully saturated rings. The molecule has 0 saturated heterocycles. The second-order valence-corrected chi connectivity index (χ2v) is 6.96. The van der Waals surface area contributed by atoms with Crippen LogP contribution in [0.4, 0.5) is 4.79 Å². The van der Waals surface area contributed by atoms with Crippen LogP contribution in [0, 0.1) is 0 Å². The Morgan fingerprint density at radius 1 is 1.13 bits per heavy atom. The van der Waals surface area contributed by atoms with Crippen molar-refractivity contribution in [1.82, 2.24) is 15.3 Å². The first-order chi connectivity index (χ1) is 14.7. The van der Waals surface area contributed by atoms with Gasteiger partial charge in [0, 0.05) is 5.56 Å². The van der Waals surface area contributed by atoms with Crippen LogP contribution in [0.5, 0.6) is 5.75 Å². The lowest BCUT2D eigenvalue weighted by Gasteiger charge is -2.17. The fourth-order valence-corrected chi connectivity index (χ4v) is 3.11. The van der Waals surface area contributed by atoms with E-state index in [-0.39, 0.29) is 12.6 Å². The van der Waals surface area contributed by atoms with Crippen LogP contribution in [0.3, 0.4) is 0 Å². The Morgan fingerprint density at radius 2 is 1.90 bits per heavy atom. The van der Waals surface area contributed by atoms with Gasteiger partial charge in [0.1, 0.15) is 18.2 Å². The summed E-state index contributed by atoms with van der Waals surface area (Å²) in [6.07, 6.45) is 3.80. The van der Waals surface area contributed by atoms with Gasteiger partial charge >= 0.3 is 6.09 Å². The van der Waals surface area contributed by atoms with Gasteiger partial charge in [-0.3, -0.25) is 0 Å². The van der Waals surface area contributed by atoms with E-state index in [0.717, 1.165) is 47.7 Å². The number of ether oxygens (including phenoxy) is 2. The van der Waals surface area contributed by atoms with Crippen LogP contribution in [0.2, 0.25) is 0 Å². The number of nitrogens with two attached hydrogens (primary N) is 1. The number of hydrogen-bond donors (Lipinski definition) is 3. The Kier molecular flexibility index (Phi) is 7.86. The largest absolute Gasteiger partial charge is 0.497 e. The number of nitrogens with one attached hydrogen (secondary N) is 2. The number of rotatable bonds is 10. The summed E-state index contributed by atoms with van der Waals surface area (Å²) in [5, 5.41) is 2.95. The Bertz CT molecular complexity index is 910. The minimum absolute atomic E-state index is 0.224. The number of H-pyrrole nitrogens is 1. The minimum Gasteiger partial charge on any atom is -0.497 e. The second kappa shape index (κ2) is 11.0. The van der Waals surface area contributed by atoms with Crippen LogP contribution in [0.1, 0.15) is 36.6 Å². The lowest BCUT2D eigenvalue weighted by molar-refractivity contribution is 0.134. The lowest BCUT2D eigenvalue weighted by atomic mass is 10.1. The predicted molar refractivity (Wildman–Crippen MR) is 116 cm³/mol. The first kappa shape index (κ1) is 21.4. The molecule has 0 aliphatic heterocycles. The maximum Gasteiger partial charge on any atom is 0.408 e. The third-order valence-corrected chi connectivity index (χ3v) is 4.79. The molecule has 0 radical (unpaired) electrons. The molecule has 1 aromatic heterocycles. The molecule has 1 amide bonds. The molecule has 3 rings (SSSR count). The highest BCUT2D eigenvalue weighted by Crippen LogP contribution is 2.24. The molecule has 158 valence electrons. The SMILES string of the molecule is COc1ccc(-c2ncc([C@H](CCCCN)NC(=O)OCc3ccccc3)[nH]2)cc1. The average molecular weight is 409 g/mol. The Morgan fingerprint density at radius 3 is 2.60 bits per heavy atom. The van der Waals surface area contributed by atoms with Crippen molar-refractivity contribution < 1.29 is 14.3 Å². The van der Waals surface area contributed by atoms with Gasteiger partial charge in [-0.05, 0) is 55.6 Å². The van der Waals surface area contributed by atoms with Crippen molar-refractivity contribution in [2.75, 3.05) is 13.7 Å². The highest BCUT2D eigenvalue weighted by Gasteiger charge is 2.18. The zero-order chi connectivity index (χ0) is 21.2. The summed E-state index contributed by atoms with van der Waals surface area (Å²) in [5.41, 5.74) is 8.34. The highest BCUT2D eigenvalue weighted by atomic mass is 16.5. The molecule has 0 unspecified atom stereocenters. The van der Waals surface area contributed by atoms with Gasteiger partial charge in [-0.15, -0.1) is 0 Å². The summed E-state index contributed by atoms with van der Waals surface area (Å²) in [5.74, 6) is 1.52. The van der Waals surface area contributed by atoms with Gasteiger partial charge < -0.3 is 25.5 Å². The summed E-state index contributed by atoms with van der Waals surface area (Å²) in [7, 11) is 1.63. The third kappa shape index (κ3) is 6.09. The zero-order valence-electron chi connectivity index (χ0n) is 17.1. The molecule has 0 bridgehead atoms. The molecule has 30 heavy (non-hydrogen) atoms. The fraction of sp³-hybridized carbons (Fsp3) is 0.304. The van der Waals surface area contributed by atoms with Crippen LogP contribution in [-0.4, -0.2) is 29.7 Å². The number of hydrogen-bond acceptors (Lipinski definition) is 5. The Labute approximate surface area is 176 Å². The van der Waals surface area contributed by atoms with E-state index in [4.69, 9.17) is 15.2 Å². The van der Waals surface area contributed by atoms with Gasteiger partial charge in [0.05, 0.1) is 25.0 Å². The van der Waals surface area contributed by atoms with Crippen molar-refractivity contribution in [2.45, 2.75) is 31.9 Å². The lowest BCUT2D eigenvalue weighted by Crippen LogP contribution is -2.29. The summed E-state index contributed by atoms with van der Waals surface area (Å²) < 4.78 is 10.6. The van der Waals surface area contributed by atoms with Gasteiger partial charge in [0.2, 0.25) is 0 Å². The molecule has 0 spiro atoms. The van der Waals surface area contributed by atoms with Crippen LogP contribution in [0.25, 0.3) is 11.4 Å². The monoisotopic (exact) mass is 408 g/mol. The molecule has 7 heteroatoms. The zero-order valence-corrected chi connectivity index (χ0v) is 17.1. The Balaban J connectivity index is 1.66. The second-order valence-electron chi connectivity index (χ2n) is 6.96. The van der Waals surface area contributed by atoms with E-state index in [9.17, 15) is 4.79 Å². The van der Waals surface area contributed by atoms with Crippen LogP contribution in [0.15, 0.2) is 60.8 Å². The topological polar surface area (TPSA) is 102 Å². The van der Waals surface area contributed by atoms with Gasteiger partial charge in [0.25, 0.3) is 0 Å². The third-order valence-electron chi connectivity index (χ3n) is 4.79. The number of aromatic amines is 1. The standard InChI is InChI=1S/C23H28N4O3/c1-29-19-12-10-18(11-13-19)22-25-15-21(26-22)20(9-5-6-14-24)27-23(28)30-16-17-7-3-2-4-8-17/h2-4,7-8,10-13,15,20H,5-6,9,14,16,24H2,1H3,(H,25,26)(H,27,28)/t20-/m0/s1. The van der Waals surface area contributed by atoms with Crippen molar-refractivity contribution in [3.8, 4) is 17.1 Å². The quantitative estimate of drug-likeness (QED) is 0.437. The van der Waals surface area contributed by atoms with Crippen LogP contribution >= 0.6 is 0 Å². The summed E-state index contributed by atoms with van der Waals surface area (Å²) in [4.78, 5) is 20.2. The van der Waals surface area contributed by atoms with Gasteiger partial charge in [-0.2, -0.15) is 0 Å². The smallest absolute Gasteiger partial charge is 0.408 e. The molecule has 7 nitrogen and oxygen atoms in total. The van der Waals surface area contributed by atoms with Crippen molar-refractivity contribution in [3.63, 3.8) is 0 Å². The number of imidazole rings is 1. The predicted octanol–water partition coefficient (Wildman–Crippen LogP) is 4.18. The number of unbranched alkanes of at least 4 members (excludes halogenated alkanes) is 1. The number of amides is 1. The van der Waals surface area contributed by atoms with E-state index in [1.54, 1.807) is 13.3 Å². The van der Waals surface area contributed by atoms with Crippen molar-refractivity contribution in [1.29, 1.82) is 0 Å². The van der Waals surface area contributed by atoms with Gasteiger partial charge in [-0.1, -0.05) is 30.3 Å². The van der Waals surface area contributed by atoms with E-state index < -0.39 is 6.09 Å². The molecule has 1 heterocycles. The number of carbonyl (C=O) groups is 1. The van der Waals surface area contributed by atoms with E-state index in [0.29, 0.717) is 6.54 Å². The van der Waals surface area contributed by atoms with Crippen molar-refractivity contribution in [2.24, 2.45) is 5.73 Å². The Hall–Kier alpha value is -3.32. The number of aromatic nitrogens is 2. The van der Waals surface area contributed by atoms with Crippen molar-refractivity contribution in [3.05, 3.63) is 72.1 Å². The normalized spacial score (nSPS) is 11.7. The molecule has 0 aliphatic carbocycles. The van der Waals surface area contributed by atoms with E-state index in [2.05, 4.69) is 15.3 Å². The van der Waals surface area contributed by atoms with E-state index >= 15 is 0 Å². The van der Waals surface area contributed by atoms with E-state index in [1.807, 2.05) is 54.6 Å². The van der Waals surface area contributed by atoms with E-state index in [1.165, 1.54) is 0 Å². The first-order valence-electron chi connectivity index (χ1n) is 10.1. The first-order valence-corrected chi connectivity index (χ1v) is 10.1. The summed E-state index contributed by atoms with van der Waals surface area (Å²) >= 11 is 0. The fourth-order valence-electron chi connectivity index (χ4n) is 3.11. The maximum atomic E-state index is 12.4. The number of carbonyl (C=O) groups excluding carboxylic acids is 1. The van der Waals surface area contributed by atoms with Crippen molar-refractivity contribution >= 4 is 6.09 Å². The number of methoxy groups -OCH3 is 1. The molecule has 3 aromatic rings. The highest BCUT2D eigenvalue weighted by molar-refractivity contribution is 5.68. The van der Waals surface area contributed by atoms with Crippen LogP contribution in [-0.2, 0) is 11.3 Å². The molecule has 0 aliphatic rings. The maximum absolute atomic E-state index is 12.4. The molecule has 0 saturated carbocycles.